The first-order chi connectivity index (χ1) is 14.5. The number of pyridine rings is 1. The van der Waals surface area contributed by atoms with Gasteiger partial charge in [-0.25, -0.2) is 9.36 Å². The molecule has 0 amide bonds. The number of aromatic amines is 1. The second kappa shape index (κ2) is 8.82. The number of piperidine rings is 1. The summed E-state index contributed by atoms with van der Waals surface area (Å²) in [5, 5.41) is 17.1. The van der Waals surface area contributed by atoms with E-state index in [4.69, 9.17) is 0 Å². The molecule has 8 nitrogen and oxygen atoms in total. The molecule has 30 heavy (non-hydrogen) atoms. The molecule has 0 aliphatic carbocycles. The molecule has 0 spiro atoms. The Morgan fingerprint density at radius 3 is 2.73 bits per heavy atom. The van der Waals surface area contributed by atoms with Gasteiger partial charge in [-0.3, -0.25) is 19.8 Å². The molecule has 0 bridgehead atoms. The van der Waals surface area contributed by atoms with E-state index in [0.29, 0.717) is 5.69 Å². The van der Waals surface area contributed by atoms with Crippen LogP contribution in [0, 0.1) is 3.57 Å². The maximum absolute atomic E-state index is 12.4. The van der Waals surface area contributed by atoms with Crippen molar-refractivity contribution in [3.63, 3.8) is 0 Å². The number of hydrogen-bond donors (Lipinski definition) is 2. The summed E-state index contributed by atoms with van der Waals surface area (Å²) in [7, 11) is 0. The van der Waals surface area contributed by atoms with Crippen LogP contribution in [-0.4, -0.2) is 37.4 Å². The van der Waals surface area contributed by atoms with Gasteiger partial charge in [-0.15, -0.1) is 0 Å². The molecule has 0 radical (unpaired) electrons. The predicted molar refractivity (Wildman–Crippen MR) is 122 cm³/mol. The number of hydrazone groups is 1. The van der Waals surface area contributed by atoms with Crippen molar-refractivity contribution in [1.82, 2.24) is 19.5 Å². The van der Waals surface area contributed by atoms with Gasteiger partial charge in [-0.2, -0.15) is 5.10 Å². The van der Waals surface area contributed by atoms with Gasteiger partial charge in [0.25, 0.3) is 5.56 Å². The van der Waals surface area contributed by atoms with Crippen LogP contribution in [0.3, 0.4) is 0 Å². The second-order valence-electron chi connectivity index (χ2n) is 7.01. The van der Waals surface area contributed by atoms with Crippen molar-refractivity contribution < 1.29 is 5.11 Å². The molecule has 2 aromatic heterocycles. The molecule has 1 atom stereocenters. The first-order valence-electron chi connectivity index (χ1n) is 9.59. The third-order valence-corrected chi connectivity index (χ3v) is 5.80. The van der Waals surface area contributed by atoms with Crippen LogP contribution in [-0.2, 0) is 0 Å². The summed E-state index contributed by atoms with van der Waals surface area (Å²) in [6, 6.07) is 11.0. The third kappa shape index (κ3) is 4.16. The minimum Gasteiger partial charge on any atom is -0.493 e. The number of halogens is 1. The fourth-order valence-electron chi connectivity index (χ4n) is 3.58. The van der Waals surface area contributed by atoms with Gasteiger partial charge < -0.3 is 5.11 Å². The topological polar surface area (TPSA) is 104 Å². The molecule has 1 fully saturated rings. The van der Waals surface area contributed by atoms with E-state index in [-0.39, 0.29) is 11.6 Å². The zero-order valence-electron chi connectivity index (χ0n) is 16.0. The number of H-pyrrole nitrogens is 1. The summed E-state index contributed by atoms with van der Waals surface area (Å²) in [6.07, 6.45) is 7.86. The molecule has 1 aliphatic heterocycles. The lowest BCUT2D eigenvalue weighted by atomic mass is 9.98. The average molecular weight is 517 g/mol. The minimum absolute atomic E-state index is 0.0482. The number of hydrogen-bond acceptors (Lipinski definition) is 6. The van der Waals surface area contributed by atoms with Crippen LogP contribution >= 0.6 is 22.6 Å². The molecule has 1 aromatic carbocycles. The SMILES string of the molecule is O=c1[nH]c(=O)n(-c2ccc(I)cc2)c(O)c1/C=N/N1CCCC[C@H]1c1cccnc1. The lowest BCUT2D eigenvalue weighted by Gasteiger charge is -2.33. The number of rotatable bonds is 4. The largest absolute Gasteiger partial charge is 0.493 e. The van der Waals surface area contributed by atoms with Crippen molar-refractivity contribution in [3.8, 4) is 11.6 Å². The zero-order chi connectivity index (χ0) is 21.1. The molecule has 0 saturated carbocycles. The van der Waals surface area contributed by atoms with Gasteiger partial charge in [0.05, 0.1) is 17.9 Å². The molecule has 2 N–H and O–H groups in total. The van der Waals surface area contributed by atoms with Crippen molar-refractivity contribution in [3.05, 3.63) is 84.3 Å². The Balaban J connectivity index is 1.71. The van der Waals surface area contributed by atoms with Crippen LogP contribution in [0.5, 0.6) is 5.88 Å². The van der Waals surface area contributed by atoms with Crippen LogP contribution in [0.1, 0.15) is 36.4 Å². The van der Waals surface area contributed by atoms with E-state index in [2.05, 4.69) is 37.7 Å². The van der Waals surface area contributed by atoms with Crippen LogP contribution in [0.4, 0.5) is 0 Å². The van der Waals surface area contributed by atoms with Crippen LogP contribution in [0.15, 0.2) is 63.5 Å². The highest BCUT2D eigenvalue weighted by molar-refractivity contribution is 14.1. The summed E-state index contributed by atoms with van der Waals surface area (Å²) in [4.78, 5) is 31.1. The van der Waals surface area contributed by atoms with Crippen molar-refractivity contribution in [2.75, 3.05) is 6.54 Å². The molecular weight excluding hydrogens is 497 g/mol. The highest BCUT2D eigenvalue weighted by atomic mass is 127. The standard InChI is InChI=1S/C21H20IN5O3/c22-15-6-8-16(9-7-15)27-20(29)17(19(28)25-21(27)30)13-24-26-11-2-1-5-18(26)14-4-3-10-23-12-14/h3-4,6-10,12-13,18,29H,1-2,5,11H2,(H,25,28,30)/b24-13+/t18-/m0/s1. The van der Waals surface area contributed by atoms with Crippen molar-refractivity contribution in [1.29, 1.82) is 0 Å². The molecule has 3 aromatic rings. The quantitative estimate of drug-likeness (QED) is 0.410. The van der Waals surface area contributed by atoms with E-state index in [0.717, 1.165) is 39.5 Å². The smallest absolute Gasteiger partial charge is 0.335 e. The Kier molecular flexibility index (Phi) is 5.98. The van der Waals surface area contributed by atoms with Gasteiger partial charge in [0.1, 0.15) is 5.56 Å². The predicted octanol–water partition coefficient (Wildman–Crippen LogP) is 2.79. The van der Waals surface area contributed by atoms with E-state index in [1.807, 2.05) is 35.5 Å². The summed E-state index contributed by atoms with van der Waals surface area (Å²) >= 11 is 2.15. The van der Waals surface area contributed by atoms with Gasteiger partial charge in [0.15, 0.2) is 0 Å². The molecule has 0 unspecified atom stereocenters. The number of aromatic hydroxyl groups is 1. The number of benzene rings is 1. The summed E-state index contributed by atoms with van der Waals surface area (Å²) in [5.41, 5.74) is 0.0510. The lowest BCUT2D eigenvalue weighted by molar-refractivity contribution is 0.156. The van der Waals surface area contributed by atoms with E-state index in [9.17, 15) is 14.7 Å². The summed E-state index contributed by atoms with van der Waals surface area (Å²) in [5.74, 6) is -0.441. The lowest BCUT2D eigenvalue weighted by Crippen LogP contribution is -2.32. The van der Waals surface area contributed by atoms with Crippen LogP contribution in [0.25, 0.3) is 5.69 Å². The zero-order valence-corrected chi connectivity index (χ0v) is 18.2. The molecular formula is C21H20IN5O3. The highest BCUT2D eigenvalue weighted by Gasteiger charge is 2.23. The Hall–Kier alpha value is -2.95. The monoisotopic (exact) mass is 517 g/mol. The summed E-state index contributed by atoms with van der Waals surface area (Å²) in [6.45, 7) is 0.728. The maximum atomic E-state index is 12.4. The van der Waals surface area contributed by atoms with Gasteiger partial charge in [0.2, 0.25) is 5.88 Å². The van der Waals surface area contributed by atoms with Crippen molar-refractivity contribution in [2.24, 2.45) is 5.10 Å². The minimum atomic E-state index is -0.706. The maximum Gasteiger partial charge on any atom is 0.335 e. The Bertz CT molecular complexity index is 1170. The molecule has 1 aliphatic rings. The third-order valence-electron chi connectivity index (χ3n) is 5.08. The summed E-state index contributed by atoms with van der Waals surface area (Å²) < 4.78 is 2.05. The molecule has 1 saturated heterocycles. The van der Waals surface area contributed by atoms with Crippen molar-refractivity contribution in [2.45, 2.75) is 25.3 Å². The number of aromatic nitrogens is 3. The van der Waals surface area contributed by atoms with Gasteiger partial charge >= 0.3 is 5.69 Å². The Morgan fingerprint density at radius 2 is 2.00 bits per heavy atom. The van der Waals surface area contributed by atoms with Gasteiger partial charge in [0, 0.05) is 22.5 Å². The number of nitrogens with zero attached hydrogens (tertiary/aromatic N) is 4. The van der Waals surface area contributed by atoms with E-state index in [1.165, 1.54) is 6.21 Å². The average Bonchev–Trinajstić information content (AvgIpc) is 2.75. The fourth-order valence-corrected chi connectivity index (χ4v) is 3.94. The molecule has 4 rings (SSSR count). The molecule has 3 heterocycles. The highest BCUT2D eigenvalue weighted by Crippen LogP contribution is 2.30. The Labute approximate surface area is 186 Å². The Morgan fingerprint density at radius 1 is 1.20 bits per heavy atom. The van der Waals surface area contributed by atoms with Gasteiger partial charge in [-0.05, 0) is 77.7 Å². The van der Waals surface area contributed by atoms with E-state index in [1.54, 1.807) is 18.3 Å². The normalized spacial score (nSPS) is 16.8. The van der Waals surface area contributed by atoms with Crippen LogP contribution in [0.2, 0.25) is 0 Å². The van der Waals surface area contributed by atoms with E-state index < -0.39 is 17.1 Å². The van der Waals surface area contributed by atoms with Crippen molar-refractivity contribution >= 4 is 28.8 Å². The number of nitrogens with one attached hydrogen (secondary N) is 1. The van der Waals surface area contributed by atoms with Crippen LogP contribution < -0.4 is 11.2 Å². The fraction of sp³-hybridized carbons (Fsp3) is 0.238. The van der Waals surface area contributed by atoms with Gasteiger partial charge in [-0.1, -0.05) is 6.07 Å². The second-order valence-corrected chi connectivity index (χ2v) is 8.26. The molecule has 9 heteroatoms. The first kappa shape index (κ1) is 20.3. The van der Waals surface area contributed by atoms with E-state index >= 15 is 0 Å². The molecule has 154 valence electrons. The first-order valence-corrected chi connectivity index (χ1v) is 10.7.